The Morgan fingerprint density at radius 2 is 1.22 bits per heavy atom. The molecule has 0 atom stereocenters. The number of aryl methyl sites for hydroxylation is 2. The molecular weight excluding hydrogens is 452 g/mol. The number of benzene rings is 3. The Bertz CT molecular complexity index is 1060. The first-order chi connectivity index (χ1) is 18.4. The molecule has 0 saturated heterocycles. The molecule has 0 aromatic heterocycles. The molecule has 1 aliphatic rings. The van der Waals surface area contributed by atoms with Crippen LogP contribution in [0, 0.1) is 0 Å². The van der Waals surface area contributed by atoms with Crippen LogP contribution in [0.15, 0.2) is 114 Å². The Kier molecular flexibility index (Phi) is 11.7. The van der Waals surface area contributed by atoms with E-state index in [1.807, 2.05) is 0 Å². The summed E-state index contributed by atoms with van der Waals surface area (Å²) >= 11 is 0. The lowest BCUT2D eigenvalue weighted by atomic mass is 9.81. The van der Waals surface area contributed by atoms with Crippen LogP contribution in [0.4, 0.5) is 0 Å². The zero-order valence-corrected chi connectivity index (χ0v) is 22.2. The number of rotatable bonds is 14. The van der Waals surface area contributed by atoms with Crippen LogP contribution in [-0.4, -0.2) is 26.4 Å². The van der Waals surface area contributed by atoms with Gasteiger partial charge in [0.05, 0.1) is 13.2 Å². The lowest BCUT2D eigenvalue weighted by Crippen LogP contribution is -2.08. The molecule has 3 aromatic rings. The van der Waals surface area contributed by atoms with Crippen molar-refractivity contribution < 1.29 is 9.47 Å². The van der Waals surface area contributed by atoms with E-state index in [4.69, 9.17) is 9.47 Å². The largest absolute Gasteiger partial charge is 0.377 e. The molecule has 194 valence electrons. The van der Waals surface area contributed by atoms with Crippen molar-refractivity contribution in [3.05, 3.63) is 131 Å². The highest BCUT2D eigenvalue weighted by atomic mass is 16.5. The van der Waals surface area contributed by atoms with Gasteiger partial charge in [-0.05, 0) is 79.5 Å². The van der Waals surface area contributed by atoms with Crippen LogP contribution in [0.2, 0.25) is 0 Å². The smallest absolute Gasteiger partial charge is 0.0714 e. The third kappa shape index (κ3) is 10.1. The average Bonchev–Trinajstić information content (AvgIpc) is 2.96. The van der Waals surface area contributed by atoms with Crippen molar-refractivity contribution in [2.24, 2.45) is 0 Å². The van der Waals surface area contributed by atoms with E-state index in [1.165, 1.54) is 47.9 Å². The molecule has 1 aliphatic carbocycles. The molecule has 0 radical (unpaired) electrons. The monoisotopic (exact) mass is 494 g/mol. The molecule has 0 N–H and O–H groups in total. The van der Waals surface area contributed by atoms with Crippen LogP contribution < -0.4 is 0 Å². The minimum absolute atomic E-state index is 0.647. The van der Waals surface area contributed by atoms with E-state index in [0.29, 0.717) is 19.1 Å². The maximum atomic E-state index is 6.12. The van der Waals surface area contributed by atoms with E-state index in [1.54, 1.807) is 5.57 Å². The first-order valence-electron chi connectivity index (χ1n) is 14.0. The third-order valence-electron chi connectivity index (χ3n) is 7.21. The van der Waals surface area contributed by atoms with Crippen LogP contribution in [-0.2, 0) is 22.3 Å². The number of ether oxygens (including phenoxy) is 2. The molecule has 2 heteroatoms. The summed E-state index contributed by atoms with van der Waals surface area (Å²) < 4.78 is 12.1. The second kappa shape index (κ2) is 16.0. The zero-order chi connectivity index (χ0) is 25.4. The average molecular weight is 495 g/mol. The summed E-state index contributed by atoms with van der Waals surface area (Å²) in [6.45, 7) is 2.87. The first-order valence-corrected chi connectivity index (χ1v) is 14.0. The molecular formula is C35H42O2. The Hall–Kier alpha value is -2.94. The van der Waals surface area contributed by atoms with Gasteiger partial charge in [-0.15, -0.1) is 0 Å². The molecule has 0 aliphatic heterocycles. The Morgan fingerprint density at radius 1 is 0.676 bits per heavy atom. The second-order valence-electron chi connectivity index (χ2n) is 10.1. The van der Waals surface area contributed by atoms with Gasteiger partial charge in [0.15, 0.2) is 0 Å². The van der Waals surface area contributed by atoms with Gasteiger partial charge in [0.2, 0.25) is 0 Å². The van der Waals surface area contributed by atoms with Crippen LogP contribution in [0.1, 0.15) is 61.1 Å². The molecule has 0 bridgehead atoms. The van der Waals surface area contributed by atoms with Gasteiger partial charge in [0, 0.05) is 13.2 Å². The van der Waals surface area contributed by atoms with E-state index < -0.39 is 0 Å². The molecule has 0 unspecified atom stereocenters. The van der Waals surface area contributed by atoms with Crippen molar-refractivity contribution in [3.63, 3.8) is 0 Å². The van der Waals surface area contributed by atoms with Gasteiger partial charge in [0.25, 0.3) is 0 Å². The standard InChI is InChI=1S/C35H42O2/c1-4-12-30(13-5-1)16-10-25-36-27-24-33(29-37-26-11-17-31-14-6-2-7-15-31)28-32-20-22-35(23-21-32)34-18-8-3-9-19-34/h1-9,12-15,18-19,24,28,35H,10-11,16-17,20-23,25-27,29H2/b32-28?,33-24+. The Morgan fingerprint density at radius 3 is 1.81 bits per heavy atom. The quantitative estimate of drug-likeness (QED) is 0.209. The molecule has 2 nitrogen and oxygen atoms in total. The number of hydrogen-bond donors (Lipinski definition) is 0. The van der Waals surface area contributed by atoms with E-state index in [2.05, 4.69) is 103 Å². The van der Waals surface area contributed by atoms with Gasteiger partial charge in [-0.25, -0.2) is 0 Å². The normalized spacial score (nSPS) is 16.1. The van der Waals surface area contributed by atoms with E-state index in [0.717, 1.165) is 38.9 Å². The fraction of sp³-hybridized carbons (Fsp3) is 0.371. The molecule has 1 fully saturated rings. The van der Waals surface area contributed by atoms with Crippen molar-refractivity contribution >= 4 is 0 Å². The third-order valence-corrected chi connectivity index (χ3v) is 7.21. The Balaban J connectivity index is 1.24. The molecule has 3 aromatic carbocycles. The Labute approximate surface area is 224 Å². The van der Waals surface area contributed by atoms with Crippen LogP contribution in [0.3, 0.4) is 0 Å². The van der Waals surface area contributed by atoms with Crippen molar-refractivity contribution in [3.8, 4) is 0 Å². The van der Waals surface area contributed by atoms with Gasteiger partial charge in [-0.1, -0.05) is 109 Å². The number of hydrogen-bond acceptors (Lipinski definition) is 2. The van der Waals surface area contributed by atoms with Crippen LogP contribution >= 0.6 is 0 Å². The van der Waals surface area contributed by atoms with Crippen molar-refractivity contribution in [2.75, 3.05) is 26.4 Å². The predicted molar refractivity (Wildman–Crippen MR) is 155 cm³/mol. The maximum absolute atomic E-state index is 6.12. The maximum Gasteiger partial charge on any atom is 0.0714 e. The SMILES string of the molecule is C(=C1CCC(c2ccccc2)CC1)/C(=C\COCCCc1ccccc1)COCCCc1ccccc1. The van der Waals surface area contributed by atoms with Gasteiger partial charge in [0.1, 0.15) is 0 Å². The zero-order valence-electron chi connectivity index (χ0n) is 22.2. The molecule has 0 spiro atoms. The summed E-state index contributed by atoms with van der Waals surface area (Å²) in [5.41, 5.74) is 7.06. The molecule has 0 heterocycles. The van der Waals surface area contributed by atoms with E-state index in [-0.39, 0.29) is 0 Å². The summed E-state index contributed by atoms with van der Waals surface area (Å²) in [4.78, 5) is 0. The highest BCUT2D eigenvalue weighted by Crippen LogP contribution is 2.35. The second-order valence-corrected chi connectivity index (χ2v) is 10.1. The highest BCUT2D eigenvalue weighted by Gasteiger charge is 2.18. The van der Waals surface area contributed by atoms with Gasteiger partial charge >= 0.3 is 0 Å². The predicted octanol–water partition coefficient (Wildman–Crippen LogP) is 8.50. The lowest BCUT2D eigenvalue weighted by molar-refractivity contribution is 0.148. The van der Waals surface area contributed by atoms with Gasteiger partial charge in [-0.3, -0.25) is 0 Å². The molecule has 0 amide bonds. The number of allylic oxidation sites excluding steroid dienone is 1. The minimum Gasteiger partial charge on any atom is -0.377 e. The first kappa shape index (κ1) is 27.1. The topological polar surface area (TPSA) is 18.5 Å². The van der Waals surface area contributed by atoms with E-state index >= 15 is 0 Å². The van der Waals surface area contributed by atoms with Crippen LogP contribution in [0.5, 0.6) is 0 Å². The lowest BCUT2D eigenvalue weighted by Gasteiger charge is -2.24. The van der Waals surface area contributed by atoms with Crippen LogP contribution in [0.25, 0.3) is 0 Å². The summed E-state index contributed by atoms with van der Waals surface area (Å²) in [7, 11) is 0. The fourth-order valence-corrected chi connectivity index (χ4v) is 5.10. The van der Waals surface area contributed by atoms with Crippen molar-refractivity contribution in [1.82, 2.24) is 0 Å². The highest BCUT2D eigenvalue weighted by molar-refractivity contribution is 5.28. The fourth-order valence-electron chi connectivity index (χ4n) is 5.10. The summed E-state index contributed by atoms with van der Waals surface area (Å²) in [6, 6.07) is 32.3. The van der Waals surface area contributed by atoms with Gasteiger partial charge in [-0.2, -0.15) is 0 Å². The summed E-state index contributed by atoms with van der Waals surface area (Å²) in [5.74, 6) is 0.688. The minimum atomic E-state index is 0.647. The summed E-state index contributed by atoms with van der Waals surface area (Å²) in [6.07, 6.45) is 13.6. The molecule has 37 heavy (non-hydrogen) atoms. The van der Waals surface area contributed by atoms with Gasteiger partial charge < -0.3 is 9.47 Å². The van der Waals surface area contributed by atoms with Crippen molar-refractivity contribution in [1.29, 1.82) is 0 Å². The molecule has 4 rings (SSSR count). The van der Waals surface area contributed by atoms with E-state index in [9.17, 15) is 0 Å². The van der Waals surface area contributed by atoms with Crippen molar-refractivity contribution in [2.45, 2.75) is 57.3 Å². The molecule has 1 saturated carbocycles. The summed E-state index contributed by atoms with van der Waals surface area (Å²) in [5, 5.41) is 0.